The van der Waals surface area contributed by atoms with Gasteiger partial charge in [-0.1, -0.05) is 6.42 Å². The quantitative estimate of drug-likeness (QED) is 0.121. The normalized spacial score (nSPS) is 18.6. The summed E-state index contributed by atoms with van der Waals surface area (Å²) in [7, 11) is 0. The number of ether oxygens (including phenoxy) is 2. The molecule has 0 spiro atoms. The van der Waals surface area contributed by atoms with Gasteiger partial charge < -0.3 is 30.3 Å². The van der Waals surface area contributed by atoms with Crippen molar-refractivity contribution in [3.63, 3.8) is 0 Å². The number of hydrogen-bond acceptors (Lipinski definition) is 9. The van der Waals surface area contributed by atoms with Crippen molar-refractivity contribution in [1.29, 1.82) is 0 Å². The molecule has 1 atom stereocenters. The minimum Gasteiger partial charge on any atom is -0.507 e. The standard InChI is InChI=1S/C31H31F3N2O8/c1-15-26(40)24(17(3)37)28-25(27(15)41)30(4)21(43-28)14-20(38)23(29(30)42)16(2)35-13-7-5-6-8-22(39)36-18-9-11-19(12-10-18)44-31(32,33)34/h9-12,14,35,40-41H,5-8,13H2,1-4H3,(H,36,39)/b23-16+. The number of hydrogen-bond donors (Lipinski definition) is 4. The van der Waals surface area contributed by atoms with Gasteiger partial charge in [0, 0.05) is 36.0 Å². The number of aromatic hydroxyl groups is 2. The van der Waals surface area contributed by atoms with E-state index in [9.17, 15) is 42.6 Å². The predicted molar refractivity (Wildman–Crippen MR) is 152 cm³/mol. The Labute approximate surface area is 250 Å². The maximum absolute atomic E-state index is 13.8. The van der Waals surface area contributed by atoms with Gasteiger partial charge >= 0.3 is 6.36 Å². The smallest absolute Gasteiger partial charge is 0.507 e. The minimum atomic E-state index is -4.80. The van der Waals surface area contributed by atoms with Crippen LogP contribution in [0.3, 0.4) is 0 Å². The number of carbonyl (C=O) groups excluding carboxylic acids is 4. The van der Waals surface area contributed by atoms with E-state index in [1.807, 2.05) is 0 Å². The van der Waals surface area contributed by atoms with E-state index in [2.05, 4.69) is 15.4 Å². The maximum Gasteiger partial charge on any atom is 0.573 e. The number of carbonyl (C=O) groups is 4. The summed E-state index contributed by atoms with van der Waals surface area (Å²) >= 11 is 0. The van der Waals surface area contributed by atoms with Crippen molar-refractivity contribution in [1.82, 2.24) is 5.32 Å². The fraction of sp³-hybridized carbons (Fsp3) is 0.355. The molecule has 0 saturated carbocycles. The first-order valence-electron chi connectivity index (χ1n) is 13.8. The van der Waals surface area contributed by atoms with Crippen LogP contribution in [0, 0.1) is 6.92 Å². The molecule has 1 unspecified atom stereocenters. The molecule has 2 aromatic rings. The number of rotatable bonds is 10. The van der Waals surface area contributed by atoms with Crippen LogP contribution in [0.25, 0.3) is 0 Å². The number of nitrogens with one attached hydrogen (secondary N) is 2. The number of anilines is 1. The zero-order chi connectivity index (χ0) is 32.6. The first kappa shape index (κ1) is 32.1. The van der Waals surface area contributed by atoms with Crippen molar-refractivity contribution in [3.05, 3.63) is 64.1 Å². The van der Waals surface area contributed by atoms with Crippen LogP contribution in [0.15, 0.2) is 47.4 Å². The van der Waals surface area contributed by atoms with Gasteiger partial charge in [0.2, 0.25) is 5.91 Å². The Morgan fingerprint density at radius 1 is 1.02 bits per heavy atom. The number of halogens is 3. The fourth-order valence-corrected chi connectivity index (χ4v) is 5.28. The number of allylic oxidation sites excluding steroid dienone is 4. The molecular weight excluding hydrogens is 585 g/mol. The van der Waals surface area contributed by atoms with Gasteiger partial charge in [-0.3, -0.25) is 19.2 Å². The van der Waals surface area contributed by atoms with Gasteiger partial charge in [0.25, 0.3) is 0 Å². The molecule has 4 rings (SSSR count). The van der Waals surface area contributed by atoms with Crippen molar-refractivity contribution in [2.75, 3.05) is 11.9 Å². The lowest BCUT2D eigenvalue weighted by molar-refractivity contribution is -0.274. The zero-order valence-corrected chi connectivity index (χ0v) is 24.4. The summed E-state index contributed by atoms with van der Waals surface area (Å²) in [4.78, 5) is 51.3. The third-order valence-corrected chi connectivity index (χ3v) is 7.60. The van der Waals surface area contributed by atoms with Crippen LogP contribution >= 0.6 is 0 Å². The topological polar surface area (TPSA) is 151 Å². The molecule has 2 aliphatic rings. The van der Waals surface area contributed by atoms with Crippen LogP contribution in [0.5, 0.6) is 23.0 Å². The van der Waals surface area contributed by atoms with E-state index in [1.54, 1.807) is 6.92 Å². The van der Waals surface area contributed by atoms with Crippen LogP contribution in [0.4, 0.5) is 18.9 Å². The van der Waals surface area contributed by atoms with Crippen LogP contribution in [0.2, 0.25) is 0 Å². The van der Waals surface area contributed by atoms with E-state index in [0.717, 1.165) is 18.2 Å². The molecule has 0 bridgehead atoms. The van der Waals surface area contributed by atoms with Crippen LogP contribution in [0.1, 0.15) is 67.9 Å². The summed E-state index contributed by atoms with van der Waals surface area (Å²) in [6, 6.07) is 4.80. The Kier molecular flexibility index (Phi) is 8.80. The SMILES string of the molecule is CC(=O)c1c(O)c(C)c(O)c2c1OC1=CC(=O)/C(=C(/C)NCCCCCC(=O)Nc3ccc(OC(F)(F)F)cc3)C(=O)C12C. The van der Waals surface area contributed by atoms with Crippen molar-refractivity contribution in [2.45, 2.75) is 65.2 Å². The predicted octanol–water partition coefficient (Wildman–Crippen LogP) is 5.26. The summed E-state index contributed by atoms with van der Waals surface area (Å²) in [5.41, 5.74) is -1.27. The van der Waals surface area contributed by atoms with E-state index >= 15 is 0 Å². The largest absolute Gasteiger partial charge is 0.573 e. The number of unbranched alkanes of at least 4 members (excludes halogenated alkanes) is 2. The van der Waals surface area contributed by atoms with E-state index in [-0.39, 0.29) is 46.1 Å². The van der Waals surface area contributed by atoms with E-state index < -0.39 is 46.4 Å². The summed E-state index contributed by atoms with van der Waals surface area (Å²) in [6.45, 7) is 6.06. The maximum atomic E-state index is 13.8. The van der Waals surface area contributed by atoms with Gasteiger partial charge in [-0.2, -0.15) is 0 Å². The Balaban J connectivity index is 1.35. The number of amides is 1. The third kappa shape index (κ3) is 6.12. The average Bonchev–Trinajstić information content (AvgIpc) is 3.22. The molecule has 1 aliphatic heterocycles. The second kappa shape index (κ2) is 12.1. The highest BCUT2D eigenvalue weighted by molar-refractivity contribution is 6.31. The van der Waals surface area contributed by atoms with E-state index in [1.165, 1.54) is 32.9 Å². The number of Topliss-reactive ketones (excluding diaryl/α,β-unsaturated/α-hetero) is 2. The minimum absolute atomic E-state index is 0.00669. The first-order valence-corrected chi connectivity index (χ1v) is 13.8. The molecule has 44 heavy (non-hydrogen) atoms. The number of ketones is 3. The highest BCUT2D eigenvalue weighted by Gasteiger charge is 2.56. The second-order valence-electron chi connectivity index (χ2n) is 10.7. The molecule has 234 valence electrons. The summed E-state index contributed by atoms with van der Waals surface area (Å²) in [6.07, 6.45) is -1.76. The molecule has 1 heterocycles. The van der Waals surface area contributed by atoms with Crippen LogP contribution in [-0.2, 0) is 19.8 Å². The molecule has 0 radical (unpaired) electrons. The van der Waals surface area contributed by atoms with Gasteiger partial charge in [0.1, 0.15) is 39.7 Å². The first-order chi connectivity index (χ1) is 20.6. The Hall–Kier alpha value is -4.81. The Bertz CT molecular complexity index is 1610. The molecular formula is C31H31F3N2O8. The monoisotopic (exact) mass is 616 g/mol. The molecule has 2 aromatic carbocycles. The van der Waals surface area contributed by atoms with Crippen LogP contribution in [-0.4, -0.2) is 46.4 Å². The van der Waals surface area contributed by atoms with Gasteiger partial charge in [0.05, 0.1) is 11.1 Å². The second-order valence-corrected chi connectivity index (χ2v) is 10.7. The van der Waals surface area contributed by atoms with Gasteiger partial charge in [0.15, 0.2) is 17.3 Å². The molecule has 0 fully saturated rings. The molecule has 10 nitrogen and oxygen atoms in total. The third-order valence-electron chi connectivity index (χ3n) is 7.60. The summed E-state index contributed by atoms with van der Waals surface area (Å²) in [5.74, 6) is -3.56. The van der Waals surface area contributed by atoms with E-state index in [0.29, 0.717) is 37.2 Å². The number of fused-ring (bicyclic) bond motifs is 3. The summed E-state index contributed by atoms with van der Waals surface area (Å²) < 4.78 is 46.4. The van der Waals surface area contributed by atoms with Crippen molar-refractivity contribution in [3.8, 4) is 23.0 Å². The molecule has 4 N–H and O–H groups in total. The van der Waals surface area contributed by atoms with E-state index in [4.69, 9.17) is 4.74 Å². The highest BCUT2D eigenvalue weighted by atomic mass is 19.4. The molecule has 0 aromatic heterocycles. The Morgan fingerprint density at radius 2 is 1.68 bits per heavy atom. The number of alkyl halides is 3. The number of phenols is 2. The van der Waals surface area contributed by atoms with Crippen molar-refractivity contribution < 1.29 is 52.0 Å². The van der Waals surface area contributed by atoms with Crippen molar-refractivity contribution >= 4 is 28.9 Å². The molecule has 1 amide bonds. The average molecular weight is 617 g/mol. The Morgan fingerprint density at radius 3 is 2.30 bits per heavy atom. The number of phenolic OH excluding ortho intramolecular Hbond substituents is 2. The fourth-order valence-electron chi connectivity index (χ4n) is 5.28. The van der Waals surface area contributed by atoms with Gasteiger partial charge in [-0.15, -0.1) is 13.2 Å². The lowest BCUT2D eigenvalue weighted by atomic mass is 9.70. The van der Waals surface area contributed by atoms with Gasteiger partial charge in [-0.05, 0) is 64.8 Å². The van der Waals surface area contributed by atoms with Crippen molar-refractivity contribution in [2.24, 2.45) is 0 Å². The lowest BCUT2D eigenvalue weighted by Crippen LogP contribution is -2.41. The molecule has 13 heteroatoms. The van der Waals surface area contributed by atoms with Crippen LogP contribution < -0.4 is 20.1 Å². The molecule has 1 aliphatic carbocycles. The zero-order valence-electron chi connectivity index (χ0n) is 24.4. The highest BCUT2D eigenvalue weighted by Crippen LogP contribution is 2.57. The molecule has 0 saturated heterocycles. The summed E-state index contributed by atoms with van der Waals surface area (Å²) in [5, 5.41) is 27.0. The number of benzene rings is 2. The lowest BCUT2D eigenvalue weighted by Gasteiger charge is -2.29. The van der Waals surface area contributed by atoms with Gasteiger partial charge in [-0.25, -0.2) is 0 Å².